The number of aromatic nitrogens is 2. The number of carbonyl (C=O) groups excluding carboxylic acids is 1. The summed E-state index contributed by atoms with van der Waals surface area (Å²) >= 11 is 1.48. The van der Waals surface area contributed by atoms with Gasteiger partial charge in [0.2, 0.25) is 5.91 Å². The zero-order valence-corrected chi connectivity index (χ0v) is 13.7. The average molecular weight is 337 g/mol. The van der Waals surface area contributed by atoms with Crippen LogP contribution in [0.4, 0.5) is 8.78 Å². The molecule has 1 aliphatic rings. The standard InChI is InChI=1S/C16H17F2N3OS/c1-3-13-19-9(2)15(20-13)16-21(14(22)8-23-16)7-10-4-11(17)6-12(18)5-10/h4-6,16H,3,7-8H2,1-2H3,(H,19,20). The Hall–Kier alpha value is -1.89. The summed E-state index contributed by atoms with van der Waals surface area (Å²) in [6.07, 6.45) is 0.779. The minimum absolute atomic E-state index is 0.0508. The van der Waals surface area contributed by atoms with Gasteiger partial charge in [-0.05, 0) is 24.6 Å². The summed E-state index contributed by atoms with van der Waals surface area (Å²) in [4.78, 5) is 21.6. The van der Waals surface area contributed by atoms with E-state index in [-0.39, 0.29) is 17.8 Å². The molecule has 0 radical (unpaired) electrons. The fraction of sp³-hybridized carbons (Fsp3) is 0.375. The van der Waals surface area contributed by atoms with Gasteiger partial charge in [-0.15, -0.1) is 11.8 Å². The molecule has 1 unspecified atom stereocenters. The van der Waals surface area contributed by atoms with E-state index < -0.39 is 11.6 Å². The van der Waals surface area contributed by atoms with E-state index >= 15 is 0 Å². The Balaban J connectivity index is 1.89. The molecule has 2 heterocycles. The second-order valence-corrected chi connectivity index (χ2v) is 6.58. The first-order valence-electron chi connectivity index (χ1n) is 7.39. The van der Waals surface area contributed by atoms with Gasteiger partial charge in [-0.2, -0.15) is 0 Å². The van der Waals surface area contributed by atoms with E-state index in [9.17, 15) is 13.6 Å². The van der Waals surface area contributed by atoms with Crippen molar-refractivity contribution in [3.63, 3.8) is 0 Å². The Morgan fingerprint density at radius 2 is 2.04 bits per heavy atom. The maximum Gasteiger partial charge on any atom is 0.234 e. The predicted molar refractivity (Wildman–Crippen MR) is 84.8 cm³/mol. The van der Waals surface area contributed by atoms with Crippen LogP contribution in [-0.4, -0.2) is 26.5 Å². The molecule has 1 aliphatic heterocycles. The van der Waals surface area contributed by atoms with Crippen LogP contribution in [0.25, 0.3) is 0 Å². The third-order valence-electron chi connectivity index (χ3n) is 3.78. The van der Waals surface area contributed by atoms with Crippen molar-refractivity contribution in [1.82, 2.24) is 14.9 Å². The van der Waals surface area contributed by atoms with Crippen LogP contribution in [0.5, 0.6) is 0 Å². The van der Waals surface area contributed by atoms with E-state index in [4.69, 9.17) is 0 Å². The van der Waals surface area contributed by atoms with Crippen LogP contribution in [0.2, 0.25) is 0 Å². The quantitative estimate of drug-likeness (QED) is 0.931. The number of hydrogen-bond acceptors (Lipinski definition) is 3. The molecule has 1 saturated heterocycles. The molecule has 3 rings (SSSR count). The number of aryl methyl sites for hydroxylation is 2. The molecule has 1 N–H and O–H groups in total. The van der Waals surface area contributed by atoms with Crippen LogP contribution in [0.1, 0.15) is 35.1 Å². The molecule has 0 saturated carbocycles. The van der Waals surface area contributed by atoms with Crippen LogP contribution in [-0.2, 0) is 17.8 Å². The predicted octanol–water partition coefficient (Wildman–Crippen LogP) is 3.33. The van der Waals surface area contributed by atoms with Crippen LogP contribution in [0.15, 0.2) is 18.2 Å². The number of H-pyrrole nitrogens is 1. The molecule has 23 heavy (non-hydrogen) atoms. The lowest BCUT2D eigenvalue weighted by atomic mass is 10.2. The van der Waals surface area contributed by atoms with Crippen molar-refractivity contribution in [3.05, 3.63) is 52.6 Å². The van der Waals surface area contributed by atoms with Gasteiger partial charge < -0.3 is 9.88 Å². The molecule has 0 bridgehead atoms. The molecule has 7 heteroatoms. The number of amides is 1. The number of thioether (sulfide) groups is 1. The van der Waals surface area contributed by atoms with Crippen molar-refractivity contribution < 1.29 is 13.6 Å². The Labute approximate surface area is 137 Å². The Kier molecular flexibility index (Phi) is 4.39. The third kappa shape index (κ3) is 3.24. The van der Waals surface area contributed by atoms with E-state index in [0.717, 1.165) is 29.7 Å². The van der Waals surface area contributed by atoms with Crippen LogP contribution >= 0.6 is 11.8 Å². The molecule has 1 fully saturated rings. The summed E-state index contributed by atoms with van der Waals surface area (Å²) in [5.41, 5.74) is 2.17. The maximum atomic E-state index is 13.4. The van der Waals surface area contributed by atoms with Gasteiger partial charge in [0.25, 0.3) is 0 Å². The summed E-state index contributed by atoms with van der Waals surface area (Å²) in [5.74, 6) is -0.115. The van der Waals surface area contributed by atoms with Gasteiger partial charge in [-0.1, -0.05) is 6.92 Å². The zero-order valence-electron chi connectivity index (χ0n) is 12.9. The van der Waals surface area contributed by atoms with Crippen LogP contribution in [0, 0.1) is 18.6 Å². The van der Waals surface area contributed by atoms with Crippen molar-refractivity contribution in [1.29, 1.82) is 0 Å². The highest BCUT2D eigenvalue weighted by molar-refractivity contribution is 8.00. The summed E-state index contributed by atoms with van der Waals surface area (Å²) < 4.78 is 26.7. The average Bonchev–Trinajstić information content (AvgIpc) is 3.02. The van der Waals surface area contributed by atoms with E-state index in [2.05, 4.69) is 9.97 Å². The van der Waals surface area contributed by atoms with Gasteiger partial charge in [0.15, 0.2) is 0 Å². The molecule has 1 amide bonds. The van der Waals surface area contributed by atoms with Crippen molar-refractivity contribution in [2.24, 2.45) is 0 Å². The second-order valence-electron chi connectivity index (χ2n) is 5.51. The number of benzene rings is 1. The summed E-state index contributed by atoms with van der Waals surface area (Å²) in [6.45, 7) is 4.09. The number of aromatic amines is 1. The smallest absolute Gasteiger partial charge is 0.234 e. The minimum atomic E-state index is -0.639. The third-order valence-corrected chi connectivity index (χ3v) is 4.99. The van der Waals surface area contributed by atoms with Crippen LogP contribution < -0.4 is 0 Å². The lowest BCUT2D eigenvalue weighted by molar-refractivity contribution is -0.128. The van der Waals surface area contributed by atoms with E-state index in [1.807, 2.05) is 13.8 Å². The van der Waals surface area contributed by atoms with Gasteiger partial charge >= 0.3 is 0 Å². The Morgan fingerprint density at radius 3 is 2.65 bits per heavy atom. The number of hydrogen-bond donors (Lipinski definition) is 1. The topological polar surface area (TPSA) is 49.0 Å². The first-order chi connectivity index (χ1) is 11.0. The van der Waals surface area contributed by atoms with Crippen molar-refractivity contribution in [3.8, 4) is 0 Å². The number of nitrogens with one attached hydrogen (secondary N) is 1. The number of rotatable bonds is 4. The van der Waals surface area contributed by atoms with Gasteiger partial charge in [0.05, 0.1) is 11.4 Å². The minimum Gasteiger partial charge on any atom is -0.346 e. The van der Waals surface area contributed by atoms with Crippen molar-refractivity contribution in [2.75, 3.05) is 5.75 Å². The number of carbonyl (C=O) groups is 1. The normalized spacial score (nSPS) is 18.0. The lowest BCUT2D eigenvalue weighted by Gasteiger charge is -2.23. The molecule has 0 spiro atoms. The number of nitrogens with zero attached hydrogens (tertiary/aromatic N) is 2. The molecule has 0 aliphatic carbocycles. The molecule has 1 aromatic heterocycles. The maximum absolute atomic E-state index is 13.4. The highest BCUT2D eigenvalue weighted by Crippen LogP contribution is 2.40. The first kappa shape index (κ1) is 16.0. The monoisotopic (exact) mass is 337 g/mol. The molecule has 1 atom stereocenters. The summed E-state index contributed by atoms with van der Waals surface area (Å²) in [6, 6.07) is 3.34. The Morgan fingerprint density at radius 1 is 1.35 bits per heavy atom. The molecular weight excluding hydrogens is 320 g/mol. The van der Waals surface area contributed by atoms with Gasteiger partial charge in [-0.3, -0.25) is 4.79 Å². The van der Waals surface area contributed by atoms with E-state index in [1.165, 1.54) is 23.9 Å². The molecule has 2 aromatic rings. The van der Waals surface area contributed by atoms with Crippen LogP contribution in [0.3, 0.4) is 0 Å². The summed E-state index contributed by atoms with van der Waals surface area (Å²) in [7, 11) is 0. The molecule has 1 aromatic carbocycles. The van der Waals surface area contributed by atoms with E-state index in [1.54, 1.807) is 4.90 Å². The Bertz CT molecular complexity index is 727. The largest absolute Gasteiger partial charge is 0.346 e. The van der Waals surface area contributed by atoms with Gasteiger partial charge in [0.1, 0.15) is 22.8 Å². The SMILES string of the molecule is CCc1nc(C2SCC(=O)N2Cc2cc(F)cc(F)c2)c(C)[nH]1. The summed E-state index contributed by atoms with van der Waals surface area (Å²) in [5, 5.41) is -0.231. The molecule has 122 valence electrons. The first-order valence-corrected chi connectivity index (χ1v) is 8.44. The molecular formula is C16H17F2N3OS. The van der Waals surface area contributed by atoms with Crippen molar-refractivity contribution >= 4 is 17.7 Å². The van der Waals surface area contributed by atoms with Crippen molar-refractivity contribution in [2.45, 2.75) is 32.2 Å². The van der Waals surface area contributed by atoms with Gasteiger partial charge in [-0.25, -0.2) is 13.8 Å². The number of halogens is 2. The highest BCUT2D eigenvalue weighted by atomic mass is 32.2. The van der Waals surface area contributed by atoms with Gasteiger partial charge in [0, 0.05) is 24.7 Å². The number of imidazole rings is 1. The lowest BCUT2D eigenvalue weighted by Crippen LogP contribution is -2.28. The van der Waals surface area contributed by atoms with E-state index in [0.29, 0.717) is 11.3 Å². The fourth-order valence-corrected chi connectivity index (χ4v) is 3.92. The zero-order chi connectivity index (χ0) is 16.6. The fourth-order valence-electron chi connectivity index (χ4n) is 2.70. The molecule has 4 nitrogen and oxygen atoms in total. The highest BCUT2D eigenvalue weighted by Gasteiger charge is 2.35. The second kappa shape index (κ2) is 6.31.